The maximum absolute atomic E-state index is 12.5. The Hall–Kier alpha value is -1.65. The van der Waals surface area contributed by atoms with Gasteiger partial charge in [0.15, 0.2) is 0 Å². The van der Waals surface area contributed by atoms with Crippen LogP contribution in [0.25, 0.3) is 6.08 Å². The van der Waals surface area contributed by atoms with E-state index in [0.29, 0.717) is 13.2 Å². The fourth-order valence-electron chi connectivity index (χ4n) is 3.12. The zero-order valence-corrected chi connectivity index (χ0v) is 12.5. The summed E-state index contributed by atoms with van der Waals surface area (Å²) < 4.78 is 5.96. The van der Waals surface area contributed by atoms with E-state index < -0.39 is 0 Å². The van der Waals surface area contributed by atoms with Gasteiger partial charge >= 0.3 is 0 Å². The highest BCUT2D eigenvalue weighted by Crippen LogP contribution is 2.34. The van der Waals surface area contributed by atoms with Gasteiger partial charge in [0, 0.05) is 38.6 Å². The highest BCUT2D eigenvalue weighted by molar-refractivity contribution is 5.92. The van der Waals surface area contributed by atoms with E-state index in [4.69, 9.17) is 4.74 Å². The van der Waals surface area contributed by atoms with Gasteiger partial charge in [0.25, 0.3) is 0 Å². The predicted octanol–water partition coefficient (Wildman–Crippen LogP) is 1.98. The first-order chi connectivity index (χ1) is 10.2. The lowest BCUT2D eigenvalue weighted by atomic mass is 9.99. The van der Waals surface area contributed by atoms with Crippen molar-refractivity contribution in [3.8, 4) is 0 Å². The summed E-state index contributed by atoms with van der Waals surface area (Å²) in [7, 11) is 2.11. The monoisotopic (exact) mass is 286 g/mol. The number of carbonyl (C=O) groups excluding carboxylic acids is 1. The SMILES string of the molecule is CN1CCC2(CC1)OCCN2C(=O)C=Cc1ccccc1. The van der Waals surface area contributed by atoms with Gasteiger partial charge < -0.3 is 14.5 Å². The van der Waals surface area contributed by atoms with Crippen molar-refractivity contribution in [2.75, 3.05) is 33.3 Å². The molecule has 2 aliphatic rings. The van der Waals surface area contributed by atoms with Crippen LogP contribution >= 0.6 is 0 Å². The quantitative estimate of drug-likeness (QED) is 0.779. The van der Waals surface area contributed by atoms with E-state index in [1.165, 1.54) is 0 Å². The first kappa shape index (κ1) is 14.3. The summed E-state index contributed by atoms with van der Waals surface area (Å²) in [4.78, 5) is 16.7. The van der Waals surface area contributed by atoms with Gasteiger partial charge in [0.05, 0.1) is 6.61 Å². The maximum atomic E-state index is 12.5. The van der Waals surface area contributed by atoms with Crippen LogP contribution in [0.5, 0.6) is 0 Å². The number of likely N-dealkylation sites (tertiary alicyclic amines) is 1. The van der Waals surface area contributed by atoms with Gasteiger partial charge in [0.1, 0.15) is 5.72 Å². The molecule has 0 radical (unpaired) electrons. The summed E-state index contributed by atoms with van der Waals surface area (Å²) in [5.41, 5.74) is 0.674. The van der Waals surface area contributed by atoms with Crippen molar-refractivity contribution in [1.29, 1.82) is 0 Å². The molecule has 0 atom stereocenters. The second-order valence-electron chi connectivity index (χ2n) is 5.83. The van der Waals surface area contributed by atoms with Gasteiger partial charge in [-0.3, -0.25) is 4.79 Å². The minimum absolute atomic E-state index is 0.0564. The van der Waals surface area contributed by atoms with Crippen molar-refractivity contribution in [3.63, 3.8) is 0 Å². The van der Waals surface area contributed by atoms with Crippen molar-refractivity contribution < 1.29 is 9.53 Å². The molecule has 1 amide bonds. The average molecular weight is 286 g/mol. The van der Waals surface area contributed by atoms with Crippen LogP contribution in [-0.2, 0) is 9.53 Å². The molecule has 2 heterocycles. The summed E-state index contributed by atoms with van der Waals surface area (Å²) in [6, 6.07) is 9.91. The Morgan fingerprint density at radius 3 is 2.62 bits per heavy atom. The van der Waals surface area contributed by atoms with Crippen LogP contribution in [0.3, 0.4) is 0 Å². The third-order valence-corrected chi connectivity index (χ3v) is 4.43. The second-order valence-corrected chi connectivity index (χ2v) is 5.83. The molecule has 1 aromatic carbocycles. The van der Waals surface area contributed by atoms with Crippen LogP contribution in [0.2, 0.25) is 0 Å². The molecular weight excluding hydrogens is 264 g/mol. The molecule has 21 heavy (non-hydrogen) atoms. The number of amides is 1. The van der Waals surface area contributed by atoms with Crippen molar-refractivity contribution in [3.05, 3.63) is 42.0 Å². The van der Waals surface area contributed by atoms with Gasteiger partial charge in [0.2, 0.25) is 5.91 Å². The molecule has 2 fully saturated rings. The standard InChI is InChI=1S/C17H22N2O2/c1-18-11-9-17(10-12-18)19(13-14-21-17)16(20)8-7-15-5-3-2-4-6-15/h2-8H,9-14H2,1H3. The van der Waals surface area contributed by atoms with Gasteiger partial charge in [-0.05, 0) is 18.7 Å². The minimum atomic E-state index is -0.370. The van der Waals surface area contributed by atoms with Crippen LogP contribution in [-0.4, -0.2) is 54.7 Å². The lowest BCUT2D eigenvalue weighted by Gasteiger charge is -2.42. The molecule has 4 heteroatoms. The van der Waals surface area contributed by atoms with E-state index in [1.807, 2.05) is 41.3 Å². The van der Waals surface area contributed by atoms with E-state index in [0.717, 1.165) is 31.5 Å². The highest BCUT2D eigenvalue weighted by Gasteiger charge is 2.45. The van der Waals surface area contributed by atoms with Gasteiger partial charge in [-0.2, -0.15) is 0 Å². The smallest absolute Gasteiger partial charge is 0.248 e. The number of ether oxygens (including phenoxy) is 1. The number of rotatable bonds is 2. The molecule has 4 nitrogen and oxygen atoms in total. The van der Waals surface area contributed by atoms with Crippen LogP contribution in [0.1, 0.15) is 18.4 Å². The third-order valence-electron chi connectivity index (χ3n) is 4.43. The van der Waals surface area contributed by atoms with Gasteiger partial charge in [-0.15, -0.1) is 0 Å². The molecule has 0 bridgehead atoms. The third kappa shape index (κ3) is 3.01. The molecule has 2 saturated heterocycles. The van der Waals surface area contributed by atoms with Gasteiger partial charge in [-0.1, -0.05) is 30.3 Å². The number of benzene rings is 1. The van der Waals surface area contributed by atoms with Crippen molar-refractivity contribution in [1.82, 2.24) is 9.80 Å². The Labute approximate surface area is 126 Å². The Morgan fingerprint density at radius 1 is 1.19 bits per heavy atom. The Balaban J connectivity index is 1.70. The molecule has 2 aliphatic heterocycles. The summed E-state index contributed by atoms with van der Waals surface area (Å²) >= 11 is 0. The predicted molar refractivity (Wildman–Crippen MR) is 82.6 cm³/mol. The van der Waals surface area contributed by atoms with E-state index in [9.17, 15) is 4.79 Å². The first-order valence-corrected chi connectivity index (χ1v) is 7.57. The van der Waals surface area contributed by atoms with E-state index in [-0.39, 0.29) is 11.6 Å². The molecule has 0 aliphatic carbocycles. The zero-order valence-electron chi connectivity index (χ0n) is 12.5. The number of carbonyl (C=O) groups is 1. The minimum Gasteiger partial charge on any atom is -0.354 e. The lowest BCUT2D eigenvalue weighted by Crippen LogP contribution is -2.53. The summed E-state index contributed by atoms with van der Waals surface area (Å²) in [5, 5.41) is 0. The summed E-state index contributed by atoms with van der Waals surface area (Å²) in [6.45, 7) is 3.30. The molecule has 3 rings (SSSR count). The van der Waals surface area contributed by atoms with Crippen molar-refractivity contribution in [2.45, 2.75) is 18.6 Å². The van der Waals surface area contributed by atoms with Crippen LogP contribution in [0, 0.1) is 0 Å². The zero-order chi connectivity index (χ0) is 14.7. The molecule has 0 N–H and O–H groups in total. The summed E-state index contributed by atoms with van der Waals surface area (Å²) in [5.74, 6) is 0.0564. The fraction of sp³-hybridized carbons (Fsp3) is 0.471. The van der Waals surface area contributed by atoms with E-state index in [1.54, 1.807) is 6.08 Å². The largest absolute Gasteiger partial charge is 0.354 e. The molecule has 0 unspecified atom stereocenters. The Bertz CT molecular complexity index is 519. The summed E-state index contributed by atoms with van der Waals surface area (Å²) in [6.07, 6.45) is 5.34. The first-order valence-electron chi connectivity index (χ1n) is 7.57. The molecular formula is C17H22N2O2. The Morgan fingerprint density at radius 2 is 1.90 bits per heavy atom. The normalized spacial score (nSPS) is 22.2. The van der Waals surface area contributed by atoms with Gasteiger partial charge in [-0.25, -0.2) is 0 Å². The second kappa shape index (κ2) is 6.00. The highest BCUT2D eigenvalue weighted by atomic mass is 16.5. The number of hydrogen-bond acceptors (Lipinski definition) is 3. The van der Waals surface area contributed by atoms with E-state index >= 15 is 0 Å². The molecule has 0 saturated carbocycles. The molecule has 1 aromatic rings. The molecule has 112 valence electrons. The van der Waals surface area contributed by atoms with Crippen LogP contribution in [0.4, 0.5) is 0 Å². The lowest BCUT2D eigenvalue weighted by molar-refractivity contribution is -0.152. The van der Waals surface area contributed by atoms with Crippen molar-refractivity contribution in [2.24, 2.45) is 0 Å². The number of piperidine rings is 1. The van der Waals surface area contributed by atoms with E-state index in [2.05, 4.69) is 11.9 Å². The number of nitrogens with zero attached hydrogens (tertiary/aromatic N) is 2. The Kier molecular flexibility index (Phi) is 4.08. The average Bonchev–Trinajstić information content (AvgIpc) is 2.93. The van der Waals surface area contributed by atoms with Crippen LogP contribution < -0.4 is 0 Å². The van der Waals surface area contributed by atoms with Crippen molar-refractivity contribution >= 4 is 12.0 Å². The fourth-order valence-corrected chi connectivity index (χ4v) is 3.12. The maximum Gasteiger partial charge on any atom is 0.248 e. The number of hydrogen-bond donors (Lipinski definition) is 0. The van der Waals surface area contributed by atoms with Crippen LogP contribution in [0.15, 0.2) is 36.4 Å². The molecule has 1 spiro atoms. The topological polar surface area (TPSA) is 32.8 Å². The molecule has 0 aromatic heterocycles.